The van der Waals surface area contributed by atoms with Gasteiger partial charge >= 0.3 is 0 Å². The molecule has 0 bridgehead atoms. The van der Waals surface area contributed by atoms with Gasteiger partial charge in [0.2, 0.25) is 5.12 Å². The fourth-order valence-corrected chi connectivity index (χ4v) is 1.96. The summed E-state index contributed by atoms with van der Waals surface area (Å²) >= 11 is 1.27. The number of nitrogens with one attached hydrogen (secondary N) is 1. The minimum Gasteiger partial charge on any atom is -0.316 e. The lowest BCUT2D eigenvalue weighted by molar-refractivity contribution is 0.108. The van der Waals surface area contributed by atoms with Crippen molar-refractivity contribution in [2.24, 2.45) is 0 Å². The summed E-state index contributed by atoms with van der Waals surface area (Å²) in [5.41, 5.74) is 2.98. The molecule has 0 aliphatic carbocycles. The van der Waals surface area contributed by atoms with Crippen molar-refractivity contribution in [1.29, 1.82) is 0 Å². The molecule has 3 heteroatoms. The SMILES string of the molecule is CNCc1cccc(C)c1C(=O)SC. The third kappa shape index (κ3) is 2.36. The fraction of sp³-hybridized carbons (Fsp3) is 0.364. The number of thioether (sulfide) groups is 1. The van der Waals surface area contributed by atoms with Crippen LogP contribution in [-0.4, -0.2) is 18.4 Å². The molecule has 1 N–H and O–H groups in total. The molecule has 0 aliphatic heterocycles. The molecule has 0 amide bonds. The third-order valence-electron chi connectivity index (χ3n) is 2.12. The normalized spacial score (nSPS) is 10.2. The molecule has 0 aliphatic rings. The van der Waals surface area contributed by atoms with Crippen LogP contribution in [0.2, 0.25) is 0 Å². The van der Waals surface area contributed by atoms with Crippen LogP contribution in [0.4, 0.5) is 0 Å². The Balaban J connectivity index is 3.15. The van der Waals surface area contributed by atoms with E-state index in [1.807, 2.05) is 38.4 Å². The first-order valence-electron chi connectivity index (χ1n) is 4.52. The van der Waals surface area contributed by atoms with E-state index in [0.29, 0.717) is 0 Å². The van der Waals surface area contributed by atoms with E-state index in [9.17, 15) is 4.79 Å². The largest absolute Gasteiger partial charge is 0.316 e. The van der Waals surface area contributed by atoms with Crippen LogP contribution in [-0.2, 0) is 6.54 Å². The summed E-state index contributed by atoms with van der Waals surface area (Å²) in [7, 11) is 1.88. The molecule has 1 aromatic carbocycles. The molecular formula is C11H15NOS. The Bertz CT molecular complexity index is 336. The van der Waals surface area contributed by atoms with Crippen LogP contribution in [0.25, 0.3) is 0 Å². The van der Waals surface area contributed by atoms with Gasteiger partial charge in [0.25, 0.3) is 0 Å². The van der Waals surface area contributed by atoms with Crippen molar-refractivity contribution in [3.63, 3.8) is 0 Å². The second kappa shape index (κ2) is 5.17. The average Bonchev–Trinajstić information content (AvgIpc) is 2.18. The van der Waals surface area contributed by atoms with E-state index in [0.717, 1.165) is 23.2 Å². The Kier molecular flexibility index (Phi) is 4.17. The summed E-state index contributed by atoms with van der Waals surface area (Å²) in [5, 5.41) is 3.22. The third-order valence-corrected chi connectivity index (χ3v) is 2.69. The first-order valence-corrected chi connectivity index (χ1v) is 5.74. The second-order valence-electron chi connectivity index (χ2n) is 3.13. The van der Waals surface area contributed by atoms with E-state index < -0.39 is 0 Å². The highest BCUT2D eigenvalue weighted by Crippen LogP contribution is 2.19. The summed E-state index contributed by atoms with van der Waals surface area (Å²) in [4.78, 5) is 11.7. The number of hydrogen-bond acceptors (Lipinski definition) is 3. The van der Waals surface area contributed by atoms with Gasteiger partial charge in [0.15, 0.2) is 0 Å². The van der Waals surface area contributed by atoms with Gasteiger partial charge in [0.05, 0.1) is 0 Å². The molecular weight excluding hydrogens is 194 g/mol. The molecule has 0 saturated carbocycles. The predicted octanol–water partition coefficient (Wildman–Crippen LogP) is 2.22. The summed E-state index contributed by atoms with van der Waals surface area (Å²) in [5.74, 6) is 0. The molecule has 1 aromatic rings. The number of carbonyl (C=O) groups excluding carboxylic acids is 1. The maximum absolute atomic E-state index is 11.7. The summed E-state index contributed by atoms with van der Waals surface area (Å²) < 4.78 is 0. The van der Waals surface area contributed by atoms with Gasteiger partial charge in [-0.15, -0.1) is 0 Å². The van der Waals surface area contributed by atoms with Crippen molar-refractivity contribution in [2.45, 2.75) is 13.5 Å². The molecule has 1 rings (SSSR count). The minimum atomic E-state index is 0.147. The van der Waals surface area contributed by atoms with E-state index in [1.165, 1.54) is 11.8 Å². The molecule has 0 radical (unpaired) electrons. The van der Waals surface area contributed by atoms with E-state index >= 15 is 0 Å². The van der Waals surface area contributed by atoms with E-state index in [4.69, 9.17) is 0 Å². The topological polar surface area (TPSA) is 29.1 Å². The molecule has 0 aromatic heterocycles. The van der Waals surface area contributed by atoms with Crippen molar-refractivity contribution in [1.82, 2.24) is 5.32 Å². The van der Waals surface area contributed by atoms with Gasteiger partial charge in [-0.05, 0) is 31.4 Å². The lowest BCUT2D eigenvalue weighted by Crippen LogP contribution is -2.10. The van der Waals surface area contributed by atoms with Crippen LogP contribution in [0.5, 0.6) is 0 Å². The Hall–Kier alpha value is -0.800. The van der Waals surface area contributed by atoms with E-state index in [1.54, 1.807) is 0 Å². The van der Waals surface area contributed by atoms with Crippen LogP contribution in [0.15, 0.2) is 18.2 Å². The number of rotatable bonds is 3. The van der Waals surface area contributed by atoms with Crippen LogP contribution >= 0.6 is 11.8 Å². The molecule has 0 fully saturated rings. The summed E-state index contributed by atoms with van der Waals surface area (Å²) in [6, 6.07) is 5.95. The summed E-state index contributed by atoms with van der Waals surface area (Å²) in [6.07, 6.45) is 1.82. The van der Waals surface area contributed by atoms with Gasteiger partial charge < -0.3 is 5.32 Å². The van der Waals surface area contributed by atoms with Crippen LogP contribution < -0.4 is 5.32 Å². The van der Waals surface area contributed by atoms with E-state index in [-0.39, 0.29) is 5.12 Å². The van der Waals surface area contributed by atoms with Crippen molar-refractivity contribution >= 4 is 16.9 Å². The Morgan fingerprint density at radius 3 is 2.79 bits per heavy atom. The molecule has 0 heterocycles. The predicted molar refractivity (Wildman–Crippen MR) is 61.8 cm³/mol. The van der Waals surface area contributed by atoms with Crippen LogP contribution in [0, 0.1) is 6.92 Å². The molecule has 76 valence electrons. The zero-order valence-electron chi connectivity index (χ0n) is 8.76. The first-order chi connectivity index (χ1) is 6.70. The van der Waals surface area contributed by atoms with Crippen LogP contribution in [0.3, 0.4) is 0 Å². The molecule has 0 unspecified atom stereocenters. The lowest BCUT2D eigenvalue weighted by atomic mass is 10.0. The Morgan fingerprint density at radius 1 is 1.50 bits per heavy atom. The quantitative estimate of drug-likeness (QED) is 0.827. The molecule has 0 saturated heterocycles. The van der Waals surface area contributed by atoms with Gasteiger partial charge in [-0.3, -0.25) is 4.79 Å². The van der Waals surface area contributed by atoms with Gasteiger partial charge in [0, 0.05) is 12.1 Å². The standard InChI is InChI=1S/C11H15NOS/c1-8-5-4-6-9(7-12-2)10(8)11(13)14-3/h4-6,12H,7H2,1-3H3. The number of hydrogen-bond donors (Lipinski definition) is 1. The molecule has 0 spiro atoms. The maximum atomic E-state index is 11.7. The number of carbonyl (C=O) groups is 1. The zero-order chi connectivity index (χ0) is 10.6. The van der Waals surface area contributed by atoms with Gasteiger partial charge in [-0.2, -0.15) is 0 Å². The van der Waals surface area contributed by atoms with Gasteiger partial charge in [-0.1, -0.05) is 30.0 Å². The number of benzene rings is 1. The second-order valence-corrected chi connectivity index (χ2v) is 3.91. The highest BCUT2D eigenvalue weighted by Gasteiger charge is 2.11. The molecule has 2 nitrogen and oxygen atoms in total. The van der Waals surface area contributed by atoms with Gasteiger partial charge in [-0.25, -0.2) is 0 Å². The van der Waals surface area contributed by atoms with Crippen molar-refractivity contribution < 1.29 is 4.79 Å². The fourth-order valence-electron chi connectivity index (χ4n) is 1.46. The highest BCUT2D eigenvalue weighted by molar-refractivity contribution is 8.13. The lowest BCUT2D eigenvalue weighted by Gasteiger charge is -2.09. The summed E-state index contributed by atoms with van der Waals surface area (Å²) in [6.45, 7) is 2.71. The van der Waals surface area contributed by atoms with Crippen molar-refractivity contribution in [3.8, 4) is 0 Å². The van der Waals surface area contributed by atoms with E-state index in [2.05, 4.69) is 5.32 Å². The highest BCUT2D eigenvalue weighted by atomic mass is 32.2. The molecule has 0 atom stereocenters. The monoisotopic (exact) mass is 209 g/mol. The van der Waals surface area contributed by atoms with Crippen molar-refractivity contribution in [2.75, 3.05) is 13.3 Å². The average molecular weight is 209 g/mol. The first kappa shape index (κ1) is 11.3. The van der Waals surface area contributed by atoms with Crippen molar-refractivity contribution in [3.05, 3.63) is 34.9 Å². The molecule has 14 heavy (non-hydrogen) atoms. The van der Waals surface area contributed by atoms with Crippen LogP contribution in [0.1, 0.15) is 21.5 Å². The smallest absolute Gasteiger partial charge is 0.219 e. The minimum absolute atomic E-state index is 0.147. The Labute approximate surface area is 89.1 Å². The Morgan fingerprint density at radius 2 is 2.21 bits per heavy atom. The number of aryl methyl sites for hydroxylation is 1. The van der Waals surface area contributed by atoms with Gasteiger partial charge in [0.1, 0.15) is 0 Å². The zero-order valence-corrected chi connectivity index (χ0v) is 9.57. The maximum Gasteiger partial charge on any atom is 0.219 e.